The summed E-state index contributed by atoms with van der Waals surface area (Å²) < 4.78 is 0. The summed E-state index contributed by atoms with van der Waals surface area (Å²) in [7, 11) is 0. The number of carbonyl (C=O) groups excluding carboxylic acids is 1. The van der Waals surface area contributed by atoms with Crippen LogP contribution < -0.4 is 5.73 Å². The minimum absolute atomic E-state index is 0.150. The van der Waals surface area contributed by atoms with E-state index in [-0.39, 0.29) is 5.91 Å². The fourth-order valence-electron chi connectivity index (χ4n) is 2.40. The maximum absolute atomic E-state index is 12.1. The van der Waals surface area contributed by atoms with Crippen LogP contribution in [0.5, 0.6) is 0 Å². The quantitative estimate of drug-likeness (QED) is 0.838. The zero-order chi connectivity index (χ0) is 13.1. The van der Waals surface area contributed by atoms with E-state index < -0.39 is 12.1 Å². The monoisotopic (exact) mass is 248 g/mol. The molecule has 1 aliphatic rings. The highest BCUT2D eigenvalue weighted by molar-refractivity contribution is 5.82. The van der Waals surface area contributed by atoms with Crippen LogP contribution in [0.3, 0.4) is 0 Å². The Kier molecular flexibility index (Phi) is 3.99. The molecule has 1 aromatic rings. The van der Waals surface area contributed by atoms with E-state index in [1.54, 1.807) is 4.90 Å². The van der Waals surface area contributed by atoms with Crippen molar-refractivity contribution in [2.24, 2.45) is 5.73 Å². The molecule has 0 radical (unpaired) electrons. The number of hydrogen-bond donors (Lipinski definition) is 2. The average molecular weight is 248 g/mol. The van der Waals surface area contributed by atoms with E-state index in [0.29, 0.717) is 0 Å². The van der Waals surface area contributed by atoms with Gasteiger partial charge in [0.2, 0.25) is 5.91 Å². The van der Waals surface area contributed by atoms with Crippen molar-refractivity contribution in [1.82, 2.24) is 4.90 Å². The number of aliphatic hydroxyl groups excluding tert-OH is 1. The molecule has 1 aliphatic heterocycles. The Balaban J connectivity index is 2.10. The topological polar surface area (TPSA) is 66.6 Å². The van der Waals surface area contributed by atoms with Crippen LogP contribution in [-0.2, 0) is 4.79 Å². The van der Waals surface area contributed by atoms with Gasteiger partial charge in [-0.15, -0.1) is 0 Å². The molecule has 1 saturated heterocycles. The lowest BCUT2D eigenvalue weighted by molar-refractivity contribution is -0.134. The number of nitrogens with zero attached hydrogens (tertiary/aromatic N) is 1. The van der Waals surface area contributed by atoms with Crippen molar-refractivity contribution in [3.8, 4) is 0 Å². The molecule has 0 unspecified atom stereocenters. The van der Waals surface area contributed by atoms with Gasteiger partial charge in [-0.1, -0.05) is 24.3 Å². The summed E-state index contributed by atoms with van der Waals surface area (Å²) in [6.45, 7) is 3.42. The number of aliphatic hydroxyl groups is 1. The molecule has 1 heterocycles. The average Bonchev–Trinajstić information content (AvgIpc) is 2.90. The van der Waals surface area contributed by atoms with Crippen LogP contribution >= 0.6 is 0 Å². The highest BCUT2D eigenvalue weighted by Crippen LogP contribution is 2.21. The smallest absolute Gasteiger partial charge is 0.242 e. The lowest BCUT2D eigenvalue weighted by Gasteiger charge is -2.24. The van der Waals surface area contributed by atoms with Gasteiger partial charge in [-0.05, 0) is 30.9 Å². The van der Waals surface area contributed by atoms with Gasteiger partial charge in [0.15, 0.2) is 0 Å². The summed E-state index contributed by atoms with van der Waals surface area (Å²) in [4.78, 5) is 13.9. The van der Waals surface area contributed by atoms with Gasteiger partial charge >= 0.3 is 0 Å². The third kappa shape index (κ3) is 2.54. The van der Waals surface area contributed by atoms with Crippen LogP contribution in [0.2, 0.25) is 0 Å². The van der Waals surface area contributed by atoms with E-state index in [9.17, 15) is 9.90 Å². The van der Waals surface area contributed by atoms with Crippen LogP contribution in [-0.4, -0.2) is 35.0 Å². The van der Waals surface area contributed by atoms with E-state index in [2.05, 4.69) is 0 Å². The molecule has 0 spiro atoms. The normalized spacial score (nSPS) is 18.7. The van der Waals surface area contributed by atoms with Crippen molar-refractivity contribution >= 4 is 5.91 Å². The van der Waals surface area contributed by atoms with Crippen molar-refractivity contribution in [2.45, 2.75) is 31.9 Å². The van der Waals surface area contributed by atoms with E-state index >= 15 is 0 Å². The second-order valence-electron chi connectivity index (χ2n) is 4.86. The van der Waals surface area contributed by atoms with Crippen LogP contribution in [0.15, 0.2) is 24.3 Å². The lowest BCUT2D eigenvalue weighted by Crippen LogP contribution is -2.46. The number of rotatable bonds is 3. The molecule has 0 saturated carbocycles. The standard InChI is InChI=1S/C14H20N2O2/c1-10-6-2-3-7-11(10)13(17)12(15)14(18)16-8-4-5-9-16/h2-3,6-7,12-13,17H,4-5,8-9,15H2,1H3/t12-,13+/m1/s1. The molecule has 4 heteroatoms. The van der Waals surface area contributed by atoms with E-state index in [1.807, 2.05) is 31.2 Å². The summed E-state index contributed by atoms with van der Waals surface area (Å²) in [6, 6.07) is 6.60. The van der Waals surface area contributed by atoms with Gasteiger partial charge in [0.05, 0.1) is 0 Å². The fourth-order valence-corrected chi connectivity index (χ4v) is 2.40. The maximum atomic E-state index is 12.1. The van der Waals surface area contributed by atoms with Gasteiger partial charge in [-0.25, -0.2) is 0 Å². The minimum Gasteiger partial charge on any atom is -0.386 e. The molecular weight excluding hydrogens is 228 g/mol. The van der Waals surface area contributed by atoms with Gasteiger partial charge in [0, 0.05) is 13.1 Å². The Morgan fingerprint density at radius 3 is 2.56 bits per heavy atom. The van der Waals surface area contributed by atoms with E-state index in [4.69, 9.17) is 5.73 Å². The molecule has 4 nitrogen and oxygen atoms in total. The number of hydrogen-bond acceptors (Lipinski definition) is 3. The Bertz CT molecular complexity index is 428. The Morgan fingerprint density at radius 2 is 1.94 bits per heavy atom. The first-order valence-corrected chi connectivity index (χ1v) is 6.39. The molecule has 1 amide bonds. The van der Waals surface area contributed by atoms with Gasteiger partial charge in [-0.3, -0.25) is 4.79 Å². The Labute approximate surface area is 107 Å². The van der Waals surface area contributed by atoms with E-state index in [0.717, 1.165) is 37.1 Å². The number of likely N-dealkylation sites (tertiary alicyclic amines) is 1. The molecule has 3 N–H and O–H groups in total. The number of amides is 1. The van der Waals surface area contributed by atoms with Crippen molar-refractivity contribution in [3.63, 3.8) is 0 Å². The maximum Gasteiger partial charge on any atom is 0.242 e. The van der Waals surface area contributed by atoms with Crippen molar-refractivity contribution in [3.05, 3.63) is 35.4 Å². The van der Waals surface area contributed by atoms with Gasteiger partial charge < -0.3 is 15.7 Å². The molecule has 98 valence electrons. The van der Waals surface area contributed by atoms with E-state index in [1.165, 1.54) is 0 Å². The fraction of sp³-hybridized carbons (Fsp3) is 0.500. The minimum atomic E-state index is -0.931. The number of carbonyl (C=O) groups is 1. The molecule has 0 aromatic heterocycles. The summed E-state index contributed by atoms with van der Waals surface area (Å²) in [5.74, 6) is -0.150. The van der Waals surface area contributed by atoms with Gasteiger partial charge in [-0.2, -0.15) is 0 Å². The molecular formula is C14H20N2O2. The molecule has 18 heavy (non-hydrogen) atoms. The third-order valence-corrected chi connectivity index (χ3v) is 3.55. The Morgan fingerprint density at radius 1 is 1.33 bits per heavy atom. The van der Waals surface area contributed by atoms with Crippen LogP contribution in [0, 0.1) is 6.92 Å². The summed E-state index contributed by atoms with van der Waals surface area (Å²) in [6.07, 6.45) is 1.12. The Hall–Kier alpha value is -1.39. The number of aryl methyl sites for hydroxylation is 1. The summed E-state index contributed by atoms with van der Waals surface area (Å²) >= 11 is 0. The van der Waals surface area contributed by atoms with Crippen LogP contribution in [0.25, 0.3) is 0 Å². The molecule has 2 rings (SSSR count). The highest BCUT2D eigenvalue weighted by atomic mass is 16.3. The van der Waals surface area contributed by atoms with Crippen LogP contribution in [0.1, 0.15) is 30.1 Å². The molecule has 2 atom stereocenters. The molecule has 1 aromatic carbocycles. The first kappa shape index (κ1) is 13.1. The van der Waals surface area contributed by atoms with Crippen molar-refractivity contribution in [1.29, 1.82) is 0 Å². The third-order valence-electron chi connectivity index (χ3n) is 3.55. The summed E-state index contributed by atoms with van der Waals surface area (Å²) in [5.41, 5.74) is 7.59. The van der Waals surface area contributed by atoms with Crippen molar-refractivity contribution < 1.29 is 9.90 Å². The lowest BCUT2D eigenvalue weighted by atomic mass is 9.97. The second kappa shape index (κ2) is 5.50. The summed E-state index contributed by atoms with van der Waals surface area (Å²) in [5, 5.41) is 10.2. The van der Waals surface area contributed by atoms with Gasteiger partial charge in [0.1, 0.15) is 12.1 Å². The predicted molar refractivity (Wildman–Crippen MR) is 69.9 cm³/mol. The molecule has 0 bridgehead atoms. The van der Waals surface area contributed by atoms with Crippen molar-refractivity contribution in [2.75, 3.05) is 13.1 Å². The number of nitrogens with two attached hydrogens (primary N) is 1. The van der Waals surface area contributed by atoms with Gasteiger partial charge in [0.25, 0.3) is 0 Å². The number of benzene rings is 1. The predicted octanol–water partition coefficient (Wildman–Crippen LogP) is 0.978. The van der Waals surface area contributed by atoms with Crippen LogP contribution in [0.4, 0.5) is 0 Å². The SMILES string of the molecule is Cc1ccccc1[C@H](O)[C@@H](N)C(=O)N1CCCC1. The first-order chi connectivity index (χ1) is 8.61. The molecule has 0 aliphatic carbocycles. The molecule has 1 fully saturated rings. The largest absolute Gasteiger partial charge is 0.386 e. The second-order valence-corrected chi connectivity index (χ2v) is 4.86. The first-order valence-electron chi connectivity index (χ1n) is 6.39. The zero-order valence-electron chi connectivity index (χ0n) is 10.7. The zero-order valence-corrected chi connectivity index (χ0v) is 10.7. The highest BCUT2D eigenvalue weighted by Gasteiger charge is 2.30.